The van der Waals surface area contributed by atoms with Crippen LogP contribution in [0.2, 0.25) is 0 Å². The van der Waals surface area contributed by atoms with E-state index in [4.69, 9.17) is 9.84 Å². The van der Waals surface area contributed by atoms with Gasteiger partial charge in [-0.2, -0.15) is 0 Å². The summed E-state index contributed by atoms with van der Waals surface area (Å²) in [5.41, 5.74) is -0.210. The number of ether oxygens (including phenoxy) is 1. The molecule has 2 atom stereocenters. The third kappa shape index (κ3) is 2.17. The van der Waals surface area contributed by atoms with Gasteiger partial charge < -0.3 is 14.7 Å². The van der Waals surface area contributed by atoms with Crippen molar-refractivity contribution in [2.75, 3.05) is 19.7 Å². The molecule has 16 heavy (non-hydrogen) atoms. The zero-order chi connectivity index (χ0) is 12.0. The van der Waals surface area contributed by atoms with Crippen LogP contribution in [0.3, 0.4) is 0 Å². The number of hydrogen-bond donors (Lipinski definition) is 1. The molecule has 0 aromatic heterocycles. The minimum atomic E-state index is -0.424. The topological polar surface area (TPSA) is 49.8 Å². The molecule has 1 aliphatic carbocycles. The van der Waals surface area contributed by atoms with Crippen LogP contribution in [0.1, 0.15) is 33.6 Å². The van der Waals surface area contributed by atoms with Gasteiger partial charge in [-0.3, -0.25) is 0 Å². The van der Waals surface area contributed by atoms with Crippen LogP contribution in [-0.2, 0) is 4.74 Å². The van der Waals surface area contributed by atoms with Crippen molar-refractivity contribution in [3.8, 4) is 0 Å². The number of likely N-dealkylation sites (tertiary alicyclic amines) is 1. The molecule has 2 fully saturated rings. The van der Waals surface area contributed by atoms with Crippen LogP contribution in [0, 0.1) is 11.3 Å². The molecule has 2 rings (SSSR count). The number of aliphatic hydroxyl groups is 1. The van der Waals surface area contributed by atoms with Crippen molar-refractivity contribution in [3.63, 3.8) is 0 Å². The van der Waals surface area contributed by atoms with Crippen molar-refractivity contribution < 1.29 is 14.6 Å². The SMILES string of the molecule is CC(C)(C)OC(=O)N1CC[C@]2(C[C@H]2CO)C1. The minimum absolute atomic E-state index is 0.214. The van der Waals surface area contributed by atoms with Crippen LogP contribution in [0.5, 0.6) is 0 Å². The Bertz CT molecular complexity index is 297. The molecule has 1 heterocycles. The Morgan fingerprint density at radius 1 is 1.56 bits per heavy atom. The number of rotatable bonds is 1. The standard InChI is InChI=1S/C12H21NO3/c1-11(2,3)16-10(15)13-5-4-12(8-13)6-9(12)7-14/h9,14H,4-8H2,1-3H3/t9-,12-/m0/s1. The lowest BCUT2D eigenvalue weighted by molar-refractivity contribution is 0.0283. The monoisotopic (exact) mass is 227 g/mol. The molecular formula is C12H21NO3. The van der Waals surface area contributed by atoms with Crippen LogP contribution < -0.4 is 0 Å². The Morgan fingerprint density at radius 3 is 2.75 bits per heavy atom. The Labute approximate surface area is 96.6 Å². The van der Waals surface area contributed by atoms with Crippen molar-refractivity contribution in [3.05, 3.63) is 0 Å². The third-order valence-electron chi connectivity index (χ3n) is 3.62. The minimum Gasteiger partial charge on any atom is -0.444 e. The maximum absolute atomic E-state index is 11.8. The number of carbonyl (C=O) groups excluding carboxylic acids is 1. The summed E-state index contributed by atoms with van der Waals surface area (Å²) < 4.78 is 5.34. The van der Waals surface area contributed by atoms with E-state index in [2.05, 4.69) is 0 Å². The lowest BCUT2D eigenvalue weighted by atomic mass is 10.0. The predicted molar refractivity (Wildman–Crippen MR) is 60.0 cm³/mol. The summed E-state index contributed by atoms with van der Waals surface area (Å²) in [5, 5.41) is 9.11. The summed E-state index contributed by atoms with van der Waals surface area (Å²) in [6.45, 7) is 7.42. The van der Waals surface area contributed by atoms with Gasteiger partial charge in [0.25, 0.3) is 0 Å². The fraction of sp³-hybridized carbons (Fsp3) is 0.917. The maximum Gasteiger partial charge on any atom is 0.410 e. The van der Waals surface area contributed by atoms with E-state index in [-0.39, 0.29) is 18.1 Å². The molecule has 1 saturated carbocycles. The van der Waals surface area contributed by atoms with E-state index in [0.717, 1.165) is 25.9 Å². The summed E-state index contributed by atoms with van der Waals surface area (Å²) in [6.07, 6.45) is 1.85. The highest BCUT2D eigenvalue weighted by atomic mass is 16.6. The van der Waals surface area contributed by atoms with Crippen molar-refractivity contribution in [1.82, 2.24) is 4.90 Å². The molecular weight excluding hydrogens is 206 g/mol. The number of hydrogen-bond acceptors (Lipinski definition) is 3. The van der Waals surface area contributed by atoms with Gasteiger partial charge >= 0.3 is 6.09 Å². The Kier molecular flexibility index (Phi) is 2.65. The molecule has 0 aromatic rings. The molecule has 4 nitrogen and oxygen atoms in total. The van der Waals surface area contributed by atoms with Gasteiger partial charge in [0.15, 0.2) is 0 Å². The molecule has 1 amide bonds. The lowest BCUT2D eigenvalue weighted by Gasteiger charge is -2.24. The fourth-order valence-corrected chi connectivity index (χ4v) is 2.57. The normalized spacial score (nSPS) is 33.2. The Hall–Kier alpha value is -0.770. The van der Waals surface area contributed by atoms with Crippen LogP contribution >= 0.6 is 0 Å². The summed E-state index contributed by atoms with van der Waals surface area (Å²) in [6, 6.07) is 0. The van der Waals surface area contributed by atoms with Gasteiger partial charge in [0.05, 0.1) is 0 Å². The van der Waals surface area contributed by atoms with Gasteiger partial charge in [-0.1, -0.05) is 0 Å². The highest BCUT2D eigenvalue weighted by Gasteiger charge is 2.57. The molecule has 1 aliphatic heterocycles. The van der Waals surface area contributed by atoms with Crippen molar-refractivity contribution in [1.29, 1.82) is 0 Å². The molecule has 2 aliphatic rings. The van der Waals surface area contributed by atoms with E-state index in [9.17, 15) is 4.79 Å². The van der Waals surface area contributed by atoms with Crippen LogP contribution in [0.25, 0.3) is 0 Å². The van der Waals surface area contributed by atoms with Crippen molar-refractivity contribution >= 4 is 6.09 Å². The summed E-state index contributed by atoms with van der Waals surface area (Å²) in [7, 11) is 0. The molecule has 0 aromatic carbocycles. The van der Waals surface area contributed by atoms with Crippen molar-refractivity contribution in [2.45, 2.75) is 39.2 Å². The van der Waals surface area contributed by atoms with Gasteiger partial charge in [0, 0.05) is 19.7 Å². The second-order valence-corrected chi connectivity index (χ2v) is 6.10. The average Bonchev–Trinajstić information content (AvgIpc) is 2.62. The van der Waals surface area contributed by atoms with Crippen LogP contribution in [0.4, 0.5) is 4.79 Å². The fourth-order valence-electron chi connectivity index (χ4n) is 2.57. The van der Waals surface area contributed by atoms with Gasteiger partial charge in [-0.15, -0.1) is 0 Å². The molecule has 1 spiro atoms. The first-order valence-corrected chi connectivity index (χ1v) is 5.95. The zero-order valence-electron chi connectivity index (χ0n) is 10.3. The third-order valence-corrected chi connectivity index (χ3v) is 3.62. The molecule has 0 radical (unpaired) electrons. The number of aliphatic hydroxyl groups excluding tert-OH is 1. The predicted octanol–water partition coefficient (Wildman–Crippen LogP) is 1.63. The molecule has 0 bridgehead atoms. The molecule has 1 N–H and O–H groups in total. The van der Waals surface area contributed by atoms with E-state index in [1.54, 1.807) is 4.90 Å². The smallest absolute Gasteiger partial charge is 0.410 e. The largest absolute Gasteiger partial charge is 0.444 e. The van der Waals surface area contributed by atoms with E-state index >= 15 is 0 Å². The number of nitrogens with zero attached hydrogens (tertiary/aromatic N) is 1. The first-order chi connectivity index (χ1) is 7.36. The quantitative estimate of drug-likeness (QED) is 0.740. The molecule has 0 unspecified atom stereocenters. The van der Waals surface area contributed by atoms with Crippen LogP contribution in [-0.4, -0.2) is 41.4 Å². The van der Waals surface area contributed by atoms with Gasteiger partial charge in [0.2, 0.25) is 0 Å². The summed E-state index contributed by atoms with van der Waals surface area (Å²) >= 11 is 0. The first kappa shape index (κ1) is 11.7. The zero-order valence-corrected chi connectivity index (χ0v) is 10.3. The Morgan fingerprint density at radius 2 is 2.25 bits per heavy atom. The number of carbonyl (C=O) groups is 1. The van der Waals surface area contributed by atoms with Gasteiger partial charge in [0.1, 0.15) is 5.60 Å². The van der Waals surface area contributed by atoms with Crippen LogP contribution in [0.15, 0.2) is 0 Å². The summed E-state index contributed by atoms with van der Waals surface area (Å²) in [4.78, 5) is 13.6. The second-order valence-electron chi connectivity index (χ2n) is 6.10. The maximum atomic E-state index is 11.8. The summed E-state index contributed by atoms with van der Waals surface area (Å²) in [5.74, 6) is 0.403. The lowest BCUT2D eigenvalue weighted by Crippen LogP contribution is -2.35. The van der Waals surface area contributed by atoms with Gasteiger partial charge in [-0.05, 0) is 44.9 Å². The number of amides is 1. The first-order valence-electron chi connectivity index (χ1n) is 5.95. The van der Waals surface area contributed by atoms with E-state index in [1.807, 2.05) is 20.8 Å². The van der Waals surface area contributed by atoms with Gasteiger partial charge in [-0.25, -0.2) is 4.79 Å². The molecule has 92 valence electrons. The average molecular weight is 227 g/mol. The molecule has 4 heteroatoms. The van der Waals surface area contributed by atoms with E-state index in [1.165, 1.54) is 0 Å². The highest BCUT2D eigenvalue weighted by molar-refractivity contribution is 5.68. The highest BCUT2D eigenvalue weighted by Crippen LogP contribution is 2.58. The van der Waals surface area contributed by atoms with E-state index < -0.39 is 5.60 Å². The van der Waals surface area contributed by atoms with E-state index in [0.29, 0.717) is 5.92 Å². The van der Waals surface area contributed by atoms with Crippen molar-refractivity contribution in [2.24, 2.45) is 11.3 Å². The Balaban J connectivity index is 1.88. The molecule has 1 saturated heterocycles. The second kappa shape index (κ2) is 3.62.